The summed E-state index contributed by atoms with van der Waals surface area (Å²) in [7, 11) is 0. The minimum absolute atomic E-state index is 0.0252. The summed E-state index contributed by atoms with van der Waals surface area (Å²) in [6, 6.07) is 13.4. The van der Waals surface area contributed by atoms with Gasteiger partial charge in [0, 0.05) is 12.1 Å². The first-order valence-corrected chi connectivity index (χ1v) is 7.09. The number of hydrogen-bond donors (Lipinski definition) is 1. The summed E-state index contributed by atoms with van der Waals surface area (Å²) < 4.78 is 33.7. The van der Waals surface area contributed by atoms with Crippen molar-refractivity contribution in [3.63, 3.8) is 0 Å². The molecule has 0 aliphatic carbocycles. The molecule has 0 saturated carbocycles. The van der Waals surface area contributed by atoms with E-state index in [9.17, 15) is 8.78 Å². The molecule has 0 saturated heterocycles. The summed E-state index contributed by atoms with van der Waals surface area (Å²) in [6.45, 7) is 0.192. The monoisotopic (exact) mass is 289 g/mol. The first-order valence-electron chi connectivity index (χ1n) is 7.09. The van der Waals surface area contributed by atoms with Crippen LogP contribution in [0, 0.1) is 0 Å². The van der Waals surface area contributed by atoms with Crippen LogP contribution in [0.4, 0.5) is 14.5 Å². The van der Waals surface area contributed by atoms with Crippen molar-refractivity contribution in [2.45, 2.75) is 18.8 Å². The van der Waals surface area contributed by atoms with Crippen molar-refractivity contribution in [1.82, 2.24) is 0 Å². The van der Waals surface area contributed by atoms with Gasteiger partial charge in [-0.3, -0.25) is 0 Å². The molecule has 3 rings (SSSR count). The molecule has 0 atom stereocenters. The third kappa shape index (κ3) is 2.99. The molecule has 2 aromatic rings. The minimum Gasteiger partial charge on any atom is -0.485 e. The van der Waals surface area contributed by atoms with Crippen LogP contribution in [0.15, 0.2) is 48.5 Å². The molecule has 1 aliphatic rings. The van der Waals surface area contributed by atoms with Crippen molar-refractivity contribution >= 4 is 5.69 Å². The first kappa shape index (κ1) is 13.9. The average Bonchev–Trinajstić information content (AvgIpc) is 2.54. The van der Waals surface area contributed by atoms with Crippen molar-refractivity contribution in [2.75, 3.05) is 18.5 Å². The van der Waals surface area contributed by atoms with Gasteiger partial charge in [0.2, 0.25) is 0 Å². The molecule has 0 unspecified atom stereocenters. The van der Waals surface area contributed by atoms with Gasteiger partial charge in [-0.25, -0.2) is 0 Å². The summed E-state index contributed by atoms with van der Waals surface area (Å²) in [5.74, 6) is -2.50. The van der Waals surface area contributed by atoms with E-state index in [1.165, 1.54) is 12.1 Å². The van der Waals surface area contributed by atoms with E-state index in [0.717, 1.165) is 30.6 Å². The van der Waals surface area contributed by atoms with Gasteiger partial charge in [-0.05, 0) is 24.5 Å². The average molecular weight is 289 g/mol. The summed E-state index contributed by atoms with van der Waals surface area (Å²) >= 11 is 0. The molecular weight excluding hydrogens is 272 g/mol. The number of aryl methyl sites for hydroxylation is 1. The van der Waals surface area contributed by atoms with Gasteiger partial charge >= 0.3 is 5.92 Å². The molecule has 0 bridgehead atoms. The highest BCUT2D eigenvalue weighted by molar-refractivity contribution is 5.63. The zero-order valence-corrected chi connectivity index (χ0v) is 11.6. The largest absolute Gasteiger partial charge is 0.485 e. The molecule has 1 heterocycles. The van der Waals surface area contributed by atoms with Gasteiger partial charge in [0.25, 0.3) is 0 Å². The van der Waals surface area contributed by atoms with Crippen LogP contribution in [0.2, 0.25) is 0 Å². The van der Waals surface area contributed by atoms with Gasteiger partial charge in [0.05, 0.1) is 5.69 Å². The van der Waals surface area contributed by atoms with Crippen LogP contribution in [-0.4, -0.2) is 13.2 Å². The summed E-state index contributed by atoms with van der Waals surface area (Å²) in [5, 5.41) is 3.24. The van der Waals surface area contributed by atoms with Gasteiger partial charge < -0.3 is 10.1 Å². The molecule has 2 aromatic carbocycles. The van der Waals surface area contributed by atoms with Gasteiger partial charge in [-0.15, -0.1) is 0 Å². The Morgan fingerprint density at radius 2 is 1.86 bits per heavy atom. The predicted molar refractivity (Wildman–Crippen MR) is 79.1 cm³/mol. The zero-order valence-electron chi connectivity index (χ0n) is 11.6. The number of anilines is 1. The number of fused-ring (bicyclic) bond motifs is 1. The quantitative estimate of drug-likeness (QED) is 0.910. The Kier molecular flexibility index (Phi) is 3.78. The molecule has 0 aromatic heterocycles. The Morgan fingerprint density at radius 3 is 2.67 bits per heavy atom. The van der Waals surface area contributed by atoms with Crippen molar-refractivity contribution in [2.24, 2.45) is 0 Å². The lowest BCUT2D eigenvalue weighted by molar-refractivity contribution is -0.0465. The van der Waals surface area contributed by atoms with E-state index in [0.29, 0.717) is 5.75 Å². The summed E-state index contributed by atoms with van der Waals surface area (Å²) in [6.07, 6.45) is 2.01. The maximum Gasteiger partial charge on any atom is 0.306 e. The topological polar surface area (TPSA) is 21.3 Å². The molecule has 110 valence electrons. The lowest BCUT2D eigenvalue weighted by Gasteiger charge is -2.23. The summed E-state index contributed by atoms with van der Waals surface area (Å²) in [5.41, 5.74) is 1.96. The number of halogens is 2. The van der Waals surface area contributed by atoms with E-state index in [2.05, 4.69) is 5.32 Å². The fraction of sp³-hybridized carbons (Fsp3) is 0.294. The van der Waals surface area contributed by atoms with Crippen LogP contribution in [0.1, 0.15) is 17.5 Å². The van der Waals surface area contributed by atoms with Gasteiger partial charge in [0.15, 0.2) is 6.61 Å². The molecule has 0 spiro atoms. The van der Waals surface area contributed by atoms with E-state index in [1.54, 1.807) is 24.3 Å². The van der Waals surface area contributed by atoms with Crippen molar-refractivity contribution < 1.29 is 13.5 Å². The Balaban J connectivity index is 1.76. The third-order valence-corrected chi connectivity index (χ3v) is 3.64. The Labute approximate surface area is 122 Å². The van der Waals surface area contributed by atoms with Gasteiger partial charge in [-0.2, -0.15) is 8.78 Å². The van der Waals surface area contributed by atoms with E-state index in [4.69, 9.17) is 4.74 Å². The highest BCUT2D eigenvalue weighted by atomic mass is 19.3. The standard InChI is InChI=1S/C17H17F2NO/c18-17(19,14-8-2-1-3-9-14)12-21-15-10-4-6-13-7-5-11-20-16(13)15/h1-4,6,8-10,20H,5,7,11-12H2. The number of benzene rings is 2. The molecule has 1 aliphatic heterocycles. The van der Waals surface area contributed by atoms with Gasteiger partial charge in [0.1, 0.15) is 5.75 Å². The summed E-state index contributed by atoms with van der Waals surface area (Å²) in [4.78, 5) is 0. The molecule has 1 N–H and O–H groups in total. The normalized spacial score (nSPS) is 14.2. The number of rotatable bonds is 4. The SMILES string of the molecule is FC(F)(COc1cccc2c1NCCC2)c1ccccc1. The second-order valence-corrected chi connectivity index (χ2v) is 5.18. The number of para-hydroxylation sites is 1. The highest BCUT2D eigenvalue weighted by Gasteiger charge is 2.32. The molecule has 2 nitrogen and oxygen atoms in total. The molecule has 0 fully saturated rings. The maximum atomic E-state index is 14.1. The van der Waals surface area contributed by atoms with Crippen LogP contribution < -0.4 is 10.1 Å². The number of hydrogen-bond acceptors (Lipinski definition) is 2. The number of alkyl halides is 2. The molecule has 0 amide bonds. The maximum absolute atomic E-state index is 14.1. The van der Waals surface area contributed by atoms with Crippen molar-refractivity contribution in [1.29, 1.82) is 0 Å². The van der Waals surface area contributed by atoms with Crippen LogP contribution in [0.5, 0.6) is 5.75 Å². The lowest BCUT2D eigenvalue weighted by Crippen LogP contribution is -2.24. The fourth-order valence-electron chi connectivity index (χ4n) is 2.53. The second-order valence-electron chi connectivity index (χ2n) is 5.18. The Morgan fingerprint density at radius 1 is 1.05 bits per heavy atom. The van der Waals surface area contributed by atoms with E-state index in [-0.39, 0.29) is 5.56 Å². The predicted octanol–water partition coefficient (Wildman–Crippen LogP) is 4.22. The smallest absolute Gasteiger partial charge is 0.306 e. The van der Waals surface area contributed by atoms with Crippen LogP contribution in [-0.2, 0) is 12.3 Å². The molecule has 4 heteroatoms. The highest BCUT2D eigenvalue weighted by Crippen LogP contribution is 2.34. The molecule has 21 heavy (non-hydrogen) atoms. The first-order chi connectivity index (χ1) is 10.2. The Bertz CT molecular complexity index is 613. The van der Waals surface area contributed by atoms with Crippen LogP contribution in [0.3, 0.4) is 0 Å². The van der Waals surface area contributed by atoms with Gasteiger partial charge in [-0.1, -0.05) is 42.5 Å². The van der Waals surface area contributed by atoms with E-state index in [1.807, 2.05) is 12.1 Å². The zero-order chi connectivity index (χ0) is 14.7. The third-order valence-electron chi connectivity index (χ3n) is 3.64. The van der Waals surface area contributed by atoms with E-state index >= 15 is 0 Å². The lowest BCUT2D eigenvalue weighted by atomic mass is 10.0. The number of ether oxygens (including phenoxy) is 1. The molecular formula is C17H17F2NO. The number of nitrogens with one attached hydrogen (secondary N) is 1. The van der Waals surface area contributed by atoms with Crippen molar-refractivity contribution in [3.05, 3.63) is 59.7 Å². The minimum atomic E-state index is -3.00. The van der Waals surface area contributed by atoms with E-state index < -0.39 is 12.5 Å². The van der Waals surface area contributed by atoms with Crippen molar-refractivity contribution in [3.8, 4) is 5.75 Å². The second kappa shape index (κ2) is 5.72. The Hall–Kier alpha value is -2.10. The van der Waals surface area contributed by atoms with Crippen LogP contribution in [0.25, 0.3) is 0 Å². The van der Waals surface area contributed by atoms with Crippen LogP contribution >= 0.6 is 0 Å². The fourth-order valence-corrected chi connectivity index (χ4v) is 2.53. The molecule has 0 radical (unpaired) electrons.